The minimum absolute atomic E-state index is 0.100. The maximum absolute atomic E-state index is 12.8. The Kier molecular flexibility index (Phi) is 4.40. The van der Waals surface area contributed by atoms with Crippen LogP contribution in [0.4, 0.5) is 0 Å². The zero-order chi connectivity index (χ0) is 17.2. The van der Waals surface area contributed by atoms with Gasteiger partial charge in [-0.2, -0.15) is 4.98 Å². The summed E-state index contributed by atoms with van der Waals surface area (Å²) >= 11 is 0. The first kappa shape index (κ1) is 16.1. The van der Waals surface area contributed by atoms with Gasteiger partial charge in [-0.05, 0) is 36.6 Å². The lowest BCUT2D eigenvalue weighted by atomic mass is 10.0. The van der Waals surface area contributed by atoms with Gasteiger partial charge in [0, 0.05) is 38.7 Å². The number of carbonyl (C=O) groups excluding carboxylic acids is 1. The molecule has 1 saturated heterocycles. The number of benzene rings is 1. The van der Waals surface area contributed by atoms with Crippen LogP contribution in [0.15, 0.2) is 22.7 Å². The average Bonchev–Trinajstić information content (AvgIpc) is 3.06. The summed E-state index contributed by atoms with van der Waals surface area (Å²) in [5.74, 6) is 2.30. The molecule has 0 bridgehead atoms. The van der Waals surface area contributed by atoms with Crippen LogP contribution >= 0.6 is 0 Å². The molecule has 132 valence electrons. The zero-order valence-corrected chi connectivity index (χ0v) is 14.4. The van der Waals surface area contributed by atoms with E-state index in [1.54, 1.807) is 6.92 Å². The summed E-state index contributed by atoms with van der Waals surface area (Å²) in [5.41, 5.74) is 1.90. The molecule has 1 amide bonds. The Balaban J connectivity index is 1.36. The third-order valence-electron chi connectivity index (χ3n) is 4.75. The largest absolute Gasteiger partial charge is 0.493 e. The van der Waals surface area contributed by atoms with Crippen LogP contribution in [0, 0.1) is 6.92 Å². The van der Waals surface area contributed by atoms with Crippen molar-refractivity contribution in [3.63, 3.8) is 0 Å². The number of piperazine rings is 1. The van der Waals surface area contributed by atoms with Gasteiger partial charge in [-0.25, -0.2) is 0 Å². The van der Waals surface area contributed by atoms with E-state index in [0.717, 1.165) is 49.4 Å². The second kappa shape index (κ2) is 6.84. The van der Waals surface area contributed by atoms with E-state index in [0.29, 0.717) is 31.3 Å². The number of aryl methyl sites for hydroxylation is 2. The Morgan fingerprint density at radius 1 is 1.24 bits per heavy atom. The number of hydrogen-bond donors (Lipinski definition) is 0. The number of hydrogen-bond acceptors (Lipinski definition) is 6. The Hall–Kier alpha value is -2.41. The highest BCUT2D eigenvalue weighted by molar-refractivity contribution is 5.94. The van der Waals surface area contributed by atoms with Crippen LogP contribution < -0.4 is 4.74 Å². The smallest absolute Gasteiger partial charge is 0.253 e. The third-order valence-corrected chi connectivity index (χ3v) is 4.75. The molecule has 2 aliphatic heterocycles. The molecule has 7 heteroatoms. The van der Waals surface area contributed by atoms with E-state index >= 15 is 0 Å². The van der Waals surface area contributed by atoms with Crippen molar-refractivity contribution in [1.29, 1.82) is 0 Å². The van der Waals surface area contributed by atoms with Crippen LogP contribution in [-0.4, -0.2) is 58.6 Å². The fourth-order valence-electron chi connectivity index (χ4n) is 3.39. The maximum atomic E-state index is 12.8. The fraction of sp³-hybridized carbons (Fsp3) is 0.500. The van der Waals surface area contributed by atoms with E-state index in [1.165, 1.54) is 0 Å². The number of fused-ring (bicyclic) bond motifs is 1. The highest BCUT2D eigenvalue weighted by atomic mass is 16.5. The quantitative estimate of drug-likeness (QED) is 0.845. The molecule has 1 aromatic carbocycles. The summed E-state index contributed by atoms with van der Waals surface area (Å²) in [4.78, 5) is 21.2. The number of ether oxygens (including phenoxy) is 1. The topological polar surface area (TPSA) is 71.7 Å². The summed E-state index contributed by atoms with van der Waals surface area (Å²) in [6.07, 6.45) is 1.99. The molecule has 4 rings (SSSR count). The summed E-state index contributed by atoms with van der Waals surface area (Å²) in [5, 5.41) is 3.93. The van der Waals surface area contributed by atoms with Gasteiger partial charge < -0.3 is 14.2 Å². The van der Waals surface area contributed by atoms with Gasteiger partial charge in [-0.3, -0.25) is 9.69 Å². The summed E-state index contributed by atoms with van der Waals surface area (Å²) in [7, 11) is 0. The molecule has 0 saturated carbocycles. The summed E-state index contributed by atoms with van der Waals surface area (Å²) in [6, 6.07) is 5.79. The SMILES string of the molecule is Cc1nc(CN2CCN(C(=O)c3ccc4c(c3)CCCO4)CC2)no1. The van der Waals surface area contributed by atoms with Crippen molar-refractivity contribution in [1.82, 2.24) is 19.9 Å². The molecule has 1 aromatic heterocycles. The molecule has 0 spiro atoms. The van der Waals surface area contributed by atoms with Crippen LogP contribution in [0.2, 0.25) is 0 Å². The van der Waals surface area contributed by atoms with Crippen LogP contribution in [0.25, 0.3) is 0 Å². The molecule has 1 fully saturated rings. The fourth-order valence-corrected chi connectivity index (χ4v) is 3.39. The van der Waals surface area contributed by atoms with Gasteiger partial charge in [0.2, 0.25) is 5.89 Å². The van der Waals surface area contributed by atoms with Gasteiger partial charge >= 0.3 is 0 Å². The normalized spacial score (nSPS) is 17.9. The number of carbonyl (C=O) groups is 1. The van der Waals surface area contributed by atoms with Crippen molar-refractivity contribution >= 4 is 5.91 Å². The molecular formula is C18H22N4O3. The first-order valence-electron chi connectivity index (χ1n) is 8.75. The molecule has 7 nitrogen and oxygen atoms in total. The van der Waals surface area contributed by atoms with Crippen LogP contribution in [-0.2, 0) is 13.0 Å². The van der Waals surface area contributed by atoms with Crippen molar-refractivity contribution < 1.29 is 14.1 Å². The van der Waals surface area contributed by atoms with Crippen molar-refractivity contribution in [2.75, 3.05) is 32.8 Å². The molecule has 0 unspecified atom stereocenters. The Bertz CT molecular complexity index is 765. The lowest BCUT2D eigenvalue weighted by Gasteiger charge is -2.34. The molecule has 25 heavy (non-hydrogen) atoms. The molecule has 3 heterocycles. The van der Waals surface area contributed by atoms with Gasteiger partial charge in [-0.15, -0.1) is 0 Å². The molecule has 0 aliphatic carbocycles. The maximum Gasteiger partial charge on any atom is 0.253 e. The van der Waals surface area contributed by atoms with Crippen LogP contribution in [0.5, 0.6) is 5.75 Å². The minimum atomic E-state index is 0.100. The molecule has 2 aromatic rings. The summed E-state index contributed by atoms with van der Waals surface area (Å²) < 4.78 is 10.6. The van der Waals surface area contributed by atoms with Gasteiger partial charge in [0.1, 0.15) is 5.75 Å². The second-order valence-electron chi connectivity index (χ2n) is 6.57. The first-order chi connectivity index (χ1) is 12.2. The van der Waals surface area contributed by atoms with Crippen molar-refractivity contribution in [2.24, 2.45) is 0 Å². The van der Waals surface area contributed by atoms with E-state index in [-0.39, 0.29) is 5.91 Å². The predicted octanol–water partition coefficient (Wildman–Crippen LogP) is 1.66. The van der Waals surface area contributed by atoms with Gasteiger partial charge in [0.15, 0.2) is 5.82 Å². The third kappa shape index (κ3) is 3.51. The van der Waals surface area contributed by atoms with E-state index in [1.807, 2.05) is 23.1 Å². The molecular weight excluding hydrogens is 320 g/mol. The van der Waals surface area contributed by atoms with Crippen molar-refractivity contribution in [3.05, 3.63) is 41.0 Å². The Morgan fingerprint density at radius 3 is 2.84 bits per heavy atom. The van der Waals surface area contributed by atoms with Gasteiger partial charge in [0.05, 0.1) is 13.2 Å². The molecule has 0 N–H and O–H groups in total. The Morgan fingerprint density at radius 2 is 2.08 bits per heavy atom. The lowest BCUT2D eigenvalue weighted by molar-refractivity contribution is 0.0624. The van der Waals surface area contributed by atoms with Crippen LogP contribution in [0.3, 0.4) is 0 Å². The second-order valence-corrected chi connectivity index (χ2v) is 6.57. The Labute approximate surface area is 146 Å². The van der Waals surface area contributed by atoms with E-state index < -0.39 is 0 Å². The highest BCUT2D eigenvalue weighted by Crippen LogP contribution is 2.26. The van der Waals surface area contributed by atoms with E-state index in [2.05, 4.69) is 15.0 Å². The van der Waals surface area contributed by atoms with Crippen LogP contribution in [0.1, 0.15) is 34.1 Å². The number of aromatic nitrogens is 2. The number of nitrogens with zero attached hydrogens (tertiary/aromatic N) is 4. The summed E-state index contributed by atoms with van der Waals surface area (Å²) in [6.45, 7) is 6.27. The first-order valence-corrected chi connectivity index (χ1v) is 8.75. The van der Waals surface area contributed by atoms with E-state index in [9.17, 15) is 4.79 Å². The average molecular weight is 342 g/mol. The van der Waals surface area contributed by atoms with Crippen molar-refractivity contribution in [2.45, 2.75) is 26.3 Å². The molecule has 0 radical (unpaired) electrons. The number of amides is 1. The van der Waals surface area contributed by atoms with Gasteiger partial charge in [-0.1, -0.05) is 5.16 Å². The van der Waals surface area contributed by atoms with E-state index in [4.69, 9.17) is 9.26 Å². The molecule has 2 aliphatic rings. The van der Waals surface area contributed by atoms with Gasteiger partial charge in [0.25, 0.3) is 5.91 Å². The standard InChI is InChI=1S/C18H22N4O3/c1-13-19-17(20-25-13)12-21-6-8-22(9-7-21)18(23)15-4-5-16-14(11-15)3-2-10-24-16/h4-5,11H,2-3,6-10,12H2,1H3. The monoisotopic (exact) mass is 342 g/mol. The highest BCUT2D eigenvalue weighted by Gasteiger charge is 2.24. The minimum Gasteiger partial charge on any atom is -0.493 e. The number of rotatable bonds is 3. The zero-order valence-electron chi connectivity index (χ0n) is 14.4. The van der Waals surface area contributed by atoms with Crippen molar-refractivity contribution in [3.8, 4) is 5.75 Å². The molecule has 0 atom stereocenters. The predicted molar refractivity (Wildman–Crippen MR) is 90.5 cm³/mol. The lowest BCUT2D eigenvalue weighted by Crippen LogP contribution is -2.48.